The highest BCUT2D eigenvalue weighted by atomic mass is 19.3. The highest BCUT2D eigenvalue weighted by molar-refractivity contribution is 6.09. The Morgan fingerprint density at radius 3 is 2.70 bits per heavy atom. The third kappa shape index (κ3) is 3.42. The molecule has 5 nitrogen and oxygen atoms in total. The molecule has 0 saturated carbocycles. The fourth-order valence-electron chi connectivity index (χ4n) is 2.87. The van der Waals surface area contributed by atoms with Crippen LogP contribution in [0.15, 0.2) is 36.7 Å². The number of pyridine rings is 2. The lowest BCUT2D eigenvalue weighted by molar-refractivity contribution is 0.0950. The Morgan fingerprint density at radius 1 is 1.22 bits per heavy atom. The van der Waals surface area contributed by atoms with Gasteiger partial charge in [-0.05, 0) is 24.6 Å². The lowest BCUT2D eigenvalue weighted by Crippen LogP contribution is -2.26. The molecule has 0 aliphatic heterocycles. The van der Waals surface area contributed by atoms with Gasteiger partial charge in [-0.3, -0.25) is 9.78 Å². The summed E-state index contributed by atoms with van der Waals surface area (Å²) in [7, 11) is 0. The Kier molecular flexibility index (Phi) is 5.25. The Balaban J connectivity index is 2.23. The van der Waals surface area contributed by atoms with Crippen LogP contribution >= 0.6 is 0 Å². The highest BCUT2D eigenvalue weighted by Gasteiger charge is 2.22. The van der Waals surface area contributed by atoms with Gasteiger partial charge in [-0.15, -0.1) is 0 Å². The van der Waals surface area contributed by atoms with E-state index in [1.54, 1.807) is 0 Å². The third-order valence-corrected chi connectivity index (χ3v) is 4.13. The summed E-state index contributed by atoms with van der Waals surface area (Å²) in [6.45, 7) is 2.36. The molecule has 0 aliphatic carbocycles. The summed E-state index contributed by atoms with van der Waals surface area (Å²) >= 11 is 0. The minimum Gasteiger partial charge on any atom is -0.396 e. The predicted molar refractivity (Wildman–Crippen MR) is 96.9 cm³/mol. The van der Waals surface area contributed by atoms with Crippen LogP contribution in [0, 0.1) is 5.82 Å². The number of hydrogen-bond acceptors (Lipinski definition) is 4. The normalized spacial score (nSPS) is 11.1. The third-order valence-electron chi connectivity index (χ3n) is 4.13. The number of nitrogen functional groups attached to an aromatic ring is 1. The second-order valence-corrected chi connectivity index (χ2v) is 5.90. The molecule has 0 saturated heterocycles. The Labute approximate surface area is 153 Å². The molecular formula is C19H17F3N4O. The van der Waals surface area contributed by atoms with E-state index in [-0.39, 0.29) is 27.9 Å². The lowest BCUT2D eigenvalue weighted by atomic mass is 9.96. The van der Waals surface area contributed by atoms with Gasteiger partial charge in [0.1, 0.15) is 11.5 Å². The number of halogens is 3. The molecule has 3 rings (SSSR count). The maximum Gasteiger partial charge on any atom is 0.280 e. The number of benzene rings is 1. The number of amides is 1. The fraction of sp³-hybridized carbons (Fsp3) is 0.211. The lowest BCUT2D eigenvalue weighted by Gasteiger charge is -2.14. The van der Waals surface area contributed by atoms with Crippen LogP contribution in [-0.4, -0.2) is 22.4 Å². The number of carbonyl (C=O) groups is 1. The van der Waals surface area contributed by atoms with Crippen molar-refractivity contribution >= 4 is 22.4 Å². The van der Waals surface area contributed by atoms with Crippen molar-refractivity contribution in [2.24, 2.45) is 0 Å². The molecule has 140 valence electrons. The van der Waals surface area contributed by atoms with E-state index in [2.05, 4.69) is 15.3 Å². The number of nitrogens with one attached hydrogen (secondary N) is 1. The predicted octanol–water partition coefficient (Wildman–Crippen LogP) is 4.10. The van der Waals surface area contributed by atoms with Gasteiger partial charge in [-0.25, -0.2) is 18.2 Å². The number of nitrogens with zero attached hydrogens (tertiary/aromatic N) is 2. The Bertz CT molecular complexity index is 1010. The molecule has 3 N–H and O–H groups in total. The number of rotatable bonds is 5. The summed E-state index contributed by atoms with van der Waals surface area (Å²) in [6, 6.07) is 5.34. The van der Waals surface area contributed by atoms with Gasteiger partial charge in [0, 0.05) is 40.8 Å². The number of anilines is 1. The molecule has 2 heterocycles. The van der Waals surface area contributed by atoms with Crippen molar-refractivity contribution in [2.45, 2.75) is 19.8 Å². The topological polar surface area (TPSA) is 80.9 Å². The average molecular weight is 374 g/mol. The van der Waals surface area contributed by atoms with E-state index >= 15 is 0 Å². The molecule has 0 aliphatic rings. The number of carbonyl (C=O) groups excluding carboxylic acids is 1. The number of alkyl halides is 2. The maximum atomic E-state index is 14.6. The molecule has 1 amide bonds. The van der Waals surface area contributed by atoms with E-state index in [0.29, 0.717) is 11.9 Å². The van der Waals surface area contributed by atoms with Crippen LogP contribution < -0.4 is 11.1 Å². The summed E-state index contributed by atoms with van der Waals surface area (Å²) in [4.78, 5) is 19.9. The maximum absolute atomic E-state index is 14.6. The van der Waals surface area contributed by atoms with Gasteiger partial charge in [0.15, 0.2) is 5.69 Å². The van der Waals surface area contributed by atoms with E-state index in [0.717, 1.165) is 12.5 Å². The van der Waals surface area contributed by atoms with Gasteiger partial charge < -0.3 is 11.1 Å². The van der Waals surface area contributed by atoms with Gasteiger partial charge in [0.2, 0.25) is 0 Å². The molecule has 0 radical (unpaired) electrons. The minimum absolute atomic E-state index is 0.00813. The van der Waals surface area contributed by atoms with Crippen LogP contribution in [0.25, 0.3) is 21.9 Å². The quantitative estimate of drug-likeness (QED) is 0.705. The van der Waals surface area contributed by atoms with Crippen LogP contribution in [0.5, 0.6) is 0 Å². The van der Waals surface area contributed by atoms with Crippen molar-refractivity contribution in [1.82, 2.24) is 15.3 Å². The molecular weight excluding hydrogens is 357 g/mol. The molecule has 0 fully saturated rings. The molecule has 0 bridgehead atoms. The standard InChI is InChI=1S/C19H17F3N4O/c1-2-7-25-19(27)17-15(23)10-5-6-13(20)14(12(10)9-26-17)11-4-3-8-24-16(11)18(21)22/h3-6,8-9,18H,2,7,23H2,1H3,(H,25,27). The first-order valence-electron chi connectivity index (χ1n) is 8.34. The monoisotopic (exact) mass is 374 g/mol. The number of hydrogen-bond donors (Lipinski definition) is 2. The van der Waals surface area contributed by atoms with Gasteiger partial charge in [0.05, 0.1) is 5.69 Å². The summed E-state index contributed by atoms with van der Waals surface area (Å²) in [5, 5.41) is 3.26. The molecule has 8 heteroatoms. The molecule has 0 unspecified atom stereocenters. The van der Waals surface area contributed by atoms with Crippen molar-refractivity contribution in [2.75, 3.05) is 12.3 Å². The van der Waals surface area contributed by atoms with Gasteiger partial charge in [-0.2, -0.15) is 0 Å². The SMILES string of the molecule is CCCNC(=O)c1ncc2c(-c3cccnc3C(F)F)c(F)ccc2c1N. The van der Waals surface area contributed by atoms with Crippen LogP contribution in [0.2, 0.25) is 0 Å². The van der Waals surface area contributed by atoms with Crippen molar-refractivity contribution in [3.63, 3.8) is 0 Å². The molecule has 27 heavy (non-hydrogen) atoms. The summed E-state index contributed by atoms with van der Waals surface area (Å²) in [6.07, 6.45) is 0.357. The zero-order chi connectivity index (χ0) is 19.6. The van der Waals surface area contributed by atoms with Crippen molar-refractivity contribution < 1.29 is 18.0 Å². The molecule has 1 aromatic carbocycles. The van der Waals surface area contributed by atoms with Crippen LogP contribution in [0.1, 0.15) is 36.0 Å². The second-order valence-electron chi connectivity index (χ2n) is 5.90. The van der Waals surface area contributed by atoms with E-state index in [4.69, 9.17) is 5.73 Å². The zero-order valence-corrected chi connectivity index (χ0v) is 14.5. The Hall–Kier alpha value is -3.16. The number of fused-ring (bicyclic) bond motifs is 1. The number of aromatic nitrogens is 2. The molecule has 2 aromatic heterocycles. The summed E-state index contributed by atoms with van der Waals surface area (Å²) in [5.41, 5.74) is 5.49. The van der Waals surface area contributed by atoms with Crippen LogP contribution in [-0.2, 0) is 0 Å². The van der Waals surface area contributed by atoms with E-state index in [1.165, 1.54) is 30.6 Å². The summed E-state index contributed by atoms with van der Waals surface area (Å²) < 4.78 is 41.3. The molecule has 0 spiro atoms. The van der Waals surface area contributed by atoms with Crippen LogP contribution in [0.3, 0.4) is 0 Å². The van der Waals surface area contributed by atoms with E-state index in [1.807, 2.05) is 6.92 Å². The highest BCUT2D eigenvalue weighted by Crippen LogP contribution is 2.37. The van der Waals surface area contributed by atoms with Crippen molar-refractivity contribution in [3.8, 4) is 11.1 Å². The van der Waals surface area contributed by atoms with E-state index < -0.39 is 23.8 Å². The second kappa shape index (κ2) is 7.61. The number of nitrogens with two attached hydrogens (primary N) is 1. The largest absolute Gasteiger partial charge is 0.396 e. The first-order valence-corrected chi connectivity index (χ1v) is 8.34. The zero-order valence-electron chi connectivity index (χ0n) is 14.5. The minimum atomic E-state index is -2.87. The van der Waals surface area contributed by atoms with Crippen molar-refractivity contribution in [1.29, 1.82) is 0 Å². The average Bonchev–Trinajstić information content (AvgIpc) is 2.66. The van der Waals surface area contributed by atoms with Gasteiger partial charge >= 0.3 is 0 Å². The van der Waals surface area contributed by atoms with E-state index in [9.17, 15) is 18.0 Å². The Morgan fingerprint density at radius 2 is 2.00 bits per heavy atom. The molecule has 0 atom stereocenters. The first kappa shape index (κ1) is 18.6. The first-order chi connectivity index (χ1) is 13.0. The smallest absolute Gasteiger partial charge is 0.280 e. The van der Waals surface area contributed by atoms with Crippen LogP contribution in [0.4, 0.5) is 18.9 Å². The fourth-order valence-corrected chi connectivity index (χ4v) is 2.87. The molecule has 3 aromatic rings. The van der Waals surface area contributed by atoms with Crippen molar-refractivity contribution in [3.05, 3.63) is 53.9 Å². The van der Waals surface area contributed by atoms with Gasteiger partial charge in [0.25, 0.3) is 12.3 Å². The van der Waals surface area contributed by atoms with Gasteiger partial charge in [-0.1, -0.05) is 13.0 Å². The summed E-state index contributed by atoms with van der Waals surface area (Å²) in [5.74, 6) is -1.15.